The molecule has 0 saturated heterocycles. The third-order valence-corrected chi connectivity index (χ3v) is 4.57. The van der Waals surface area contributed by atoms with Crippen molar-refractivity contribution in [3.05, 3.63) is 29.3 Å². The van der Waals surface area contributed by atoms with Crippen molar-refractivity contribution in [3.63, 3.8) is 0 Å². The van der Waals surface area contributed by atoms with Gasteiger partial charge in [0.15, 0.2) is 0 Å². The highest BCUT2D eigenvalue weighted by molar-refractivity contribution is 5.91. The molecule has 1 amide bonds. The average Bonchev–Trinajstić information content (AvgIpc) is 2.42. The van der Waals surface area contributed by atoms with Crippen LogP contribution in [0.4, 0.5) is 5.69 Å². The summed E-state index contributed by atoms with van der Waals surface area (Å²) < 4.78 is 5.14. The van der Waals surface area contributed by atoms with Crippen molar-refractivity contribution in [2.75, 3.05) is 18.5 Å². The van der Waals surface area contributed by atoms with E-state index in [1.807, 2.05) is 13.0 Å². The number of anilines is 1. The minimum absolute atomic E-state index is 0.0929. The highest BCUT2D eigenvalue weighted by Crippen LogP contribution is 2.46. The largest absolute Gasteiger partial charge is 0.372 e. The third kappa shape index (κ3) is 3.46. The second-order valence-electron chi connectivity index (χ2n) is 7.21. The molecule has 116 valence electrons. The number of hydrogen-bond acceptors (Lipinski definition) is 2. The first-order valence-electron chi connectivity index (χ1n) is 7.79. The smallest absolute Gasteiger partial charge is 0.250 e. The summed E-state index contributed by atoms with van der Waals surface area (Å²) in [5.41, 5.74) is 3.99. The molecule has 2 rings (SSSR count). The van der Waals surface area contributed by atoms with Crippen LogP contribution in [-0.2, 0) is 20.4 Å². The van der Waals surface area contributed by atoms with Gasteiger partial charge in [0.1, 0.15) is 6.61 Å². The zero-order valence-corrected chi connectivity index (χ0v) is 13.9. The third-order valence-electron chi connectivity index (χ3n) is 4.57. The molecule has 0 heterocycles. The van der Waals surface area contributed by atoms with Crippen molar-refractivity contribution in [2.24, 2.45) is 0 Å². The molecule has 3 heteroatoms. The van der Waals surface area contributed by atoms with Gasteiger partial charge in [-0.15, -0.1) is 0 Å². The Balaban J connectivity index is 2.27. The Morgan fingerprint density at radius 2 is 1.76 bits per heavy atom. The SMILES string of the molecule is CCOCC(=O)Nc1ccc2c(c1)C(C)(C)CCC2(C)C. The van der Waals surface area contributed by atoms with E-state index in [-0.39, 0.29) is 23.3 Å². The molecule has 21 heavy (non-hydrogen) atoms. The van der Waals surface area contributed by atoms with Gasteiger partial charge in [-0.05, 0) is 53.9 Å². The first-order chi connectivity index (χ1) is 9.76. The first-order valence-corrected chi connectivity index (χ1v) is 7.79. The summed E-state index contributed by atoms with van der Waals surface area (Å²) in [7, 11) is 0. The normalized spacial score (nSPS) is 18.9. The molecule has 0 saturated carbocycles. The minimum atomic E-state index is -0.0929. The molecular weight excluding hydrogens is 262 g/mol. The molecule has 0 bridgehead atoms. The van der Waals surface area contributed by atoms with Crippen LogP contribution in [0.25, 0.3) is 0 Å². The van der Waals surface area contributed by atoms with Gasteiger partial charge in [0, 0.05) is 12.3 Å². The quantitative estimate of drug-likeness (QED) is 0.909. The Bertz CT molecular complexity index is 532. The lowest BCUT2D eigenvalue weighted by Gasteiger charge is -2.42. The standard InChI is InChI=1S/C18H27NO2/c1-6-21-12-16(20)19-13-7-8-14-15(11-13)18(4,5)10-9-17(14,2)3/h7-8,11H,6,9-10,12H2,1-5H3,(H,19,20). The van der Waals surface area contributed by atoms with Crippen LogP contribution in [0.5, 0.6) is 0 Å². The van der Waals surface area contributed by atoms with Crippen LogP contribution in [0.3, 0.4) is 0 Å². The van der Waals surface area contributed by atoms with E-state index in [9.17, 15) is 4.79 Å². The number of fused-ring (bicyclic) bond motifs is 1. The van der Waals surface area contributed by atoms with Crippen LogP contribution in [0.1, 0.15) is 58.6 Å². The Morgan fingerprint density at radius 3 is 2.38 bits per heavy atom. The number of hydrogen-bond donors (Lipinski definition) is 1. The van der Waals surface area contributed by atoms with Crippen LogP contribution in [0, 0.1) is 0 Å². The molecule has 0 radical (unpaired) electrons. The van der Waals surface area contributed by atoms with E-state index in [2.05, 4.69) is 45.1 Å². The van der Waals surface area contributed by atoms with Gasteiger partial charge in [-0.1, -0.05) is 33.8 Å². The van der Waals surface area contributed by atoms with Crippen molar-refractivity contribution in [3.8, 4) is 0 Å². The lowest BCUT2D eigenvalue weighted by atomic mass is 9.63. The van der Waals surface area contributed by atoms with E-state index in [1.54, 1.807) is 0 Å². The van der Waals surface area contributed by atoms with Crippen molar-refractivity contribution in [1.82, 2.24) is 0 Å². The molecule has 0 aliphatic heterocycles. The van der Waals surface area contributed by atoms with Gasteiger partial charge in [-0.2, -0.15) is 0 Å². The maximum absolute atomic E-state index is 11.8. The Hall–Kier alpha value is -1.35. The zero-order chi connectivity index (χ0) is 15.7. The molecule has 1 aliphatic rings. The fourth-order valence-corrected chi connectivity index (χ4v) is 3.06. The fourth-order valence-electron chi connectivity index (χ4n) is 3.06. The topological polar surface area (TPSA) is 38.3 Å². The lowest BCUT2D eigenvalue weighted by Crippen LogP contribution is -2.34. The van der Waals surface area contributed by atoms with Crippen molar-refractivity contribution < 1.29 is 9.53 Å². The molecule has 1 N–H and O–H groups in total. The Kier molecular flexibility index (Phi) is 4.43. The average molecular weight is 289 g/mol. The van der Waals surface area contributed by atoms with E-state index in [1.165, 1.54) is 24.0 Å². The van der Waals surface area contributed by atoms with E-state index >= 15 is 0 Å². The van der Waals surface area contributed by atoms with Crippen LogP contribution >= 0.6 is 0 Å². The molecule has 3 nitrogen and oxygen atoms in total. The number of ether oxygens (including phenoxy) is 1. The van der Waals surface area contributed by atoms with E-state index in [4.69, 9.17) is 4.74 Å². The van der Waals surface area contributed by atoms with Crippen LogP contribution in [0.2, 0.25) is 0 Å². The second-order valence-corrected chi connectivity index (χ2v) is 7.21. The first kappa shape index (κ1) is 16.0. The van der Waals surface area contributed by atoms with E-state index in [0.29, 0.717) is 6.61 Å². The van der Waals surface area contributed by atoms with Gasteiger partial charge >= 0.3 is 0 Å². The van der Waals surface area contributed by atoms with E-state index in [0.717, 1.165) is 5.69 Å². The summed E-state index contributed by atoms with van der Waals surface area (Å²) in [6, 6.07) is 6.32. The molecular formula is C18H27NO2. The maximum atomic E-state index is 11.8. The Labute approximate surface area is 128 Å². The number of carbonyl (C=O) groups is 1. The molecule has 0 fully saturated rings. The van der Waals surface area contributed by atoms with Gasteiger partial charge in [0.25, 0.3) is 0 Å². The molecule has 1 aliphatic carbocycles. The zero-order valence-electron chi connectivity index (χ0n) is 13.9. The number of benzene rings is 1. The molecule has 0 spiro atoms. The van der Waals surface area contributed by atoms with Crippen LogP contribution in [-0.4, -0.2) is 19.1 Å². The van der Waals surface area contributed by atoms with Gasteiger partial charge in [0.2, 0.25) is 5.91 Å². The summed E-state index contributed by atoms with van der Waals surface area (Å²) in [5.74, 6) is -0.0929. The van der Waals surface area contributed by atoms with E-state index < -0.39 is 0 Å². The summed E-state index contributed by atoms with van der Waals surface area (Å²) in [6.45, 7) is 11.7. The minimum Gasteiger partial charge on any atom is -0.372 e. The summed E-state index contributed by atoms with van der Waals surface area (Å²) in [4.78, 5) is 11.8. The van der Waals surface area contributed by atoms with Gasteiger partial charge in [-0.3, -0.25) is 4.79 Å². The van der Waals surface area contributed by atoms with Gasteiger partial charge in [-0.25, -0.2) is 0 Å². The highest BCUT2D eigenvalue weighted by atomic mass is 16.5. The monoisotopic (exact) mass is 289 g/mol. The number of nitrogens with one attached hydrogen (secondary N) is 1. The molecule has 1 aromatic rings. The maximum Gasteiger partial charge on any atom is 0.250 e. The van der Waals surface area contributed by atoms with Crippen molar-refractivity contribution >= 4 is 11.6 Å². The summed E-state index contributed by atoms with van der Waals surface area (Å²) >= 11 is 0. The predicted octanol–water partition coefficient (Wildman–Crippen LogP) is 4.01. The summed E-state index contributed by atoms with van der Waals surface area (Å²) in [6.07, 6.45) is 2.37. The second kappa shape index (κ2) is 5.80. The van der Waals surface area contributed by atoms with Crippen molar-refractivity contribution in [2.45, 2.75) is 58.3 Å². The van der Waals surface area contributed by atoms with Gasteiger partial charge < -0.3 is 10.1 Å². The predicted molar refractivity (Wildman–Crippen MR) is 86.9 cm³/mol. The van der Waals surface area contributed by atoms with Crippen molar-refractivity contribution in [1.29, 1.82) is 0 Å². The Morgan fingerprint density at radius 1 is 1.14 bits per heavy atom. The van der Waals surface area contributed by atoms with Crippen LogP contribution in [0.15, 0.2) is 18.2 Å². The molecule has 0 unspecified atom stereocenters. The number of amides is 1. The molecule has 0 atom stereocenters. The molecule has 0 aromatic heterocycles. The van der Waals surface area contributed by atoms with Crippen LogP contribution < -0.4 is 5.32 Å². The van der Waals surface area contributed by atoms with Gasteiger partial charge in [0.05, 0.1) is 0 Å². The number of rotatable bonds is 4. The lowest BCUT2D eigenvalue weighted by molar-refractivity contribution is -0.120. The molecule has 1 aromatic carbocycles. The summed E-state index contributed by atoms with van der Waals surface area (Å²) in [5, 5.41) is 2.93. The number of carbonyl (C=O) groups excluding carboxylic acids is 1. The highest BCUT2D eigenvalue weighted by Gasteiger charge is 2.36. The fraction of sp³-hybridized carbons (Fsp3) is 0.611.